The average Bonchev–Trinajstić information content (AvgIpc) is 2.91. The highest BCUT2D eigenvalue weighted by Crippen LogP contribution is 2.34. The molecule has 4 rings (SSSR count). The molecule has 1 aliphatic rings. The summed E-state index contributed by atoms with van der Waals surface area (Å²) < 4.78 is 19.0. The Labute approximate surface area is 230 Å². The highest BCUT2D eigenvalue weighted by Gasteiger charge is 2.12. The molecule has 3 aromatic rings. The molecule has 1 aliphatic carbocycles. The van der Waals surface area contributed by atoms with Gasteiger partial charge in [0.05, 0.1) is 23.3 Å². The molecule has 2 aromatic carbocycles. The summed E-state index contributed by atoms with van der Waals surface area (Å²) in [7, 11) is 1.45. The molecule has 0 saturated heterocycles. The summed E-state index contributed by atoms with van der Waals surface area (Å²) in [6.45, 7) is 6.34. The zero-order valence-electron chi connectivity index (χ0n) is 22.8. The van der Waals surface area contributed by atoms with Gasteiger partial charge in [-0.2, -0.15) is 0 Å². The second-order valence-electron chi connectivity index (χ2n) is 9.68. The van der Waals surface area contributed by atoms with Crippen LogP contribution in [0, 0.1) is 17.7 Å². The van der Waals surface area contributed by atoms with Gasteiger partial charge in [0, 0.05) is 17.4 Å². The second kappa shape index (κ2) is 16.0. The highest BCUT2D eigenvalue weighted by atomic mass is 35.5. The van der Waals surface area contributed by atoms with Gasteiger partial charge < -0.3 is 20.9 Å². The molecule has 0 bridgehead atoms. The summed E-state index contributed by atoms with van der Waals surface area (Å²) in [5, 5.41) is 13.3. The van der Waals surface area contributed by atoms with Crippen LogP contribution >= 0.6 is 11.6 Å². The first-order chi connectivity index (χ1) is 18.2. The van der Waals surface area contributed by atoms with E-state index in [0.29, 0.717) is 22.5 Å². The Morgan fingerprint density at radius 1 is 1.26 bits per heavy atom. The quantitative estimate of drug-likeness (QED) is 0.279. The van der Waals surface area contributed by atoms with E-state index < -0.39 is 5.82 Å². The zero-order valence-corrected chi connectivity index (χ0v) is 23.5. The molecule has 4 N–H and O–H groups in total. The van der Waals surface area contributed by atoms with Crippen molar-refractivity contribution in [2.75, 3.05) is 12.4 Å². The number of primary amides is 1. The minimum absolute atomic E-state index is 0.00729. The molecule has 0 aliphatic heterocycles. The van der Waals surface area contributed by atoms with E-state index in [0.717, 1.165) is 25.2 Å². The lowest BCUT2D eigenvalue weighted by molar-refractivity contribution is -0.121. The van der Waals surface area contributed by atoms with Crippen LogP contribution in [0.15, 0.2) is 36.7 Å². The molecular weight excluding hydrogens is 507 g/mol. The molecular formula is C29H40ClFN4O3. The van der Waals surface area contributed by atoms with E-state index in [9.17, 15) is 14.3 Å². The third kappa shape index (κ3) is 9.63. The fourth-order valence-electron chi connectivity index (χ4n) is 4.02. The first kappa shape index (κ1) is 31.1. The van der Waals surface area contributed by atoms with Crippen molar-refractivity contribution < 1.29 is 19.0 Å². The number of hydrogen-bond acceptors (Lipinski definition) is 6. The number of nitrogens with one attached hydrogen (secondary N) is 1. The van der Waals surface area contributed by atoms with Crippen molar-refractivity contribution in [1.82, 2.24) is 9.97 Å². The second-order valence-corrected chi connectivity index (χ2v) is 10.1. The molecule has 1 atom stereocenters. The van der Waals surface area contributed by atoms with E-state index in [4.69, 9.17) is 22.1 Å². The lowest BCUT2D eigenvalue weighted by Crippen LogP contribution is -2.20. The maximum Gasteiger partial charge on any atom is 0.220 e. The predicted octanol–water partition coefficient (Wildman–Crippen LogP) is 7.76. The molecule has 1 saturated carbocycles. The highest BCUT2D eigenvalue weighted by molar-refractivity contribution is 6.31. The standard InChI is InChI=1S/C15H11ClFN3O2.C7H15NO.C7H14/c1-22-13-6-11-8(5-12(13)21)15(19-7-18-11)20-10-4-2-3-9(16)14(10)17;1-3-4-5-6(2)7(8)9;1-7-5-3-2-4-6-7/h2-7,21H,1H3,(H,18,19,20);6H,3-5H2,1-2H3,(H2,8,9);7H,2-6H2,1H3/t;6-;/m.1./s1. The third-order valence-electron chi connectivity index (χ3n) is 6.51. The molecule has 0 radical (unpaired) electrons. The molecule has 0 unspecified atom stereocenters. The van der Waals surface area contributed by atoms with Crippen LogP contribution in [0.1, 0.15) is 72.1 Å². The van der Waals surface area contributed by atoms with Gasteiger partial charge in [-0.1, -0.05) is 83.4 Å². The molecule has 208 valence electrons. The Bertz CT molecular complexity index is 1170. The number of carbonyl (C=O) groups is 1. The molecule has 1 amide bonds. The van der Waals surface area contributed by atoms with Gasteiger partial charge in [-0.25, -0.2) is 14.4 Å². The Kier molecular flexibility index (Phi) is 13.1. The summed E-state index contributed by atoms with van der Waals surface area (Å²) in [5.41, 5.74) is 5.77. The smallest absolute Gasteiger partial charge is 0.220 e. The molecule has 9 heteroatoms. The Morgan fingerprint density at radius 2 is 1.97 bits per heavy atom. The van der Waals surface area contributed by atoms with Crippen LogP contribution in [0.25, 0.3) is 10.9 Å². The average molecular weight is 547 g/mol. The molecule has 38 heavy (non-hydrogen) atoms. The number of ether oxygens (including phenoxy) is 1. The van der Waals surface area contributed by atoms with Gasteiger partial charge in [0.15, 0.2) is 17.3 Å². The fraction of sp³-hybridized carbons (Fsp3) is 0.483. The van der Waals surface area contributed by atoms with Crippen molar-refractivity contribution in [2.24, 2.45) is 17.6 Å². The van der Waals surface area contributed by atoms with Crippen molar-refractivity contribution in [1.29, 1.82) is 0 Å². The number of phenols is 1. The number of amides is 1. The number of unbranched alkanes of at least 4 members (excludes halogenated alkanes) is 1. The lowest BCUT2D eigenvalue weighted by atomic mass is 9.91. The van der Waals surface area contributed by atoms with Gasteiger partial charge in [-0.05, 0) is 30.5 Å². The maximum absolute atomic E-state index is 14.0. The van der Waals surface area contributed by atoms with Gasteiger partial charge in [0.25, 0.3) is 0 Å². The molecule has 1 fully saturated rings. The topological polar surface area (TPSA) is 110 Å². The van der Waals surface area contributed by atoms with Gasteiger partial charge in [0.1, 0.15) is 12.1 Å². The van der Waals surface area contributed by atoms with Crippen molar-refractivity contribution in [2.45, 2.75) is 72.1 Å². The molecule has 1 heterocycles. The van der Waals surface area contributed by atoms with Crippen LogP contribution in [0.2, 0.25) is 5.02 Å². The Morgan fingerprint density at radius 3 is 2.55 bits per heavy atom. The number of aromatic nitrogens is 2. The number of nitrogens with two attached hydrogens (primary N) is 1. The number of rotatable bonds is 7. The first-order valence-corrected chi connectivity index (χ1v) is 13.6. The molecule has 0 spiro atoms. The number of benzene rings is 2. The zero-order chi connectivity index (χ0) is 28.1. The van der Waals surface area contributed by atoms with Crippen LogP contribution in [0.3, 0.4) is 0 Å². The van der Waals surface area contributed by atoms with Gasteiger partial charge in [-0.3, -0.25) is 4.79 Å². The number of carbonyl (C=O) groups excluding carboxylic acids is 1. The maximum atomic E-state index is 14.0. The van der Waals surface area contributed by atoms with E-state index in [1.807, 2.05) is 6.92 Å². The number of fused-ring (bicyclic) bond motifs is 1. The van der Waals surface area contributed by atoms with Crippen LogP contribution in [-0.4, -0.2) is 28.1 Å². The normalized spacial score (nSPS) is 13.9. The predicted molar refractivity (Wildman–Crippen MR) is 153 cm³/mol. The summed E-state index contributed by atoms with van der Waals surface area (Å²) in [5.74, 6) is 0.936. The van der Waals surface area contributed by atoms with Crippen molar-refractivity contribution in [3.63, 3.8) is 0 Å². The van der Waals surface area contributed by atoms with Crippen LogP contribution in [-0.2, 0) is 4.79 Å². The van der Waals surface area contributed by atoms with Gasteiger partial charge >= 0.3 is 0 Å². The van der Waals surface area contributed by atoms with Crippen LogP contribution in [0.5, 0.6) is 11.5 Å². The van der Waals surface area contributed by atoms with Crippen molar-refractivity contribution in [3.05, 3.63) is 47.5 Å². The van der Waals surface area contributed by atoms with Gasteiger partial charge in [-0.15, -0.1) is 0 Å². The lowest BCUT2D eigenvalue weighted by Gasteiger charge is -2.15. The molecule has 1 aromatic heterocycles. The minimum atomic E-state index is -0.575. The minimum Gasteiger partial charge on any atom is -0.504 e. The monoisotopic (exact) mass is 546 g/mol. The number of hydrogen-bond donors (Lipinski definition) is 3. The summed E-state index contributed by atoms with van der Waals surface area (Å²) in [6, 6.07) is 7.65. The van der Waals surface area contributed by atoms with E-state index in [1.165, 1.54) is 57.7 Å². The number of phenolic OH excluding ortho intramolecular Hbond substituents is 1. The van der Waals surface area contributed by atoms with E-state index in [-0.39, 0.29) is 28.3 Å². The van der Waals surface area contributed by atoms with E-state index in [1.54, 1.807) is 18.2 Å². The van der Waals surface area contributed by atoms with E-state index in [2.05, 4.69) is 29.1 Å². The third-order valence-corrected chi connectivity index (χ3v) is 6.80. The summed E-state index contributed by atoms with van der Waals surface area (Å²) in [4.78, 5) is 18.6. The molecule has 7 nitrogen and oxygen atoms in total. The SMILES string of the molecule is CC1CCCCC1.CCCC[C@@H](C)C(N)=O.COc1cc2ncnc(Nc3cccc(Cl)c3F)c2cc1O. The fourth-order valence-corrected chi connectivity index (χ4v) is 4.20. The summed E-state index contributed by atoms with van der Waals surface area (Å²) in [6.07, 6.45) is 11.9. The van der Waals surface area contributed by atoms with Crippen LogP contribution in [0.4, 0.5) is 15.9 Å². The van der Waals surface area contributed by atoms with Crippen molar-refractivity contribution in [3.8, 4) is 11.5 Å². The number of halogens is 2. The largest absolute Gasteiger partial charge is 0.504 e. The Hall–Kier alpha value is -3.13. The summed E-state index contributed by atoms with van der Waals surface area (Å²) >= 11 is 5.76. The number of anilines is 2. The van der Waals surface area contributed by atoms with Crippen molar-refractivity contribution >= 4 is 39.9 Å². The first-order valence-electron chi connectivity index (χ1n) is 13.2. The van der Waals surface area contributed by atoms with E-state index >= 15 is 0 Å². The van der Waals surface area contributed by atoms with Gasteiger partial charge in [0.2, 0.25) is 5.91 Å². The number of methoxy groups -OCH3 is 1. The Balaban J connectivity index is 0.000000260. The number of nitrogens with zero attached hydrogens (tertiary/aromatic N) is 2. The van der Waals surface area contributed by atoms with Crippen LogP contribution < -0.4 is 15.8 Å². The number of aromatic hydroxyl groups is 1.